The molecule has 8 nitrogen and oxygen atoms in total. The predicted octanol–water partition coefficient (Wildman–Crippen LogP) is 2.68. The van der Waals surface area contributed by atoms with Gasteiger partial charge in [0.1, 0.15) is 17.6 Å². The van der Waals surface area contributed by atoms with Crippen molar-refractivity contribution in [1.82, 2.24) is 9.88 Å². The molecule has 3 N–H and O–H groups in total. The molecular weight excluding hydrogens is 460 g/mol. The zero-order valence-electron chi connectivity index (χ0n) is 18.3. The van der Waals surface area contributed by atoms with Gasteiger partial charge in [-0.05, 0) is 37.6 Å². The highest BCUT2D eigenvalue weighted by Crippen LogP contribution is 2.31. The van der Waals surface area contributed by atoms with Crippen LogP contribution in [-0.4, -0.2) is 45.6 Å². The van der Waals surface area contributed by atoms with Crippen LogP contribution in [0.25, 0.3) is 0 Å². The molecule has 0 bridgehead atoms. The normalized spacial score (nSPS) is 12.9. The monoisotopic (exact) mass is 480 g/mol. The third-order valence-electron chi connectivity index (χ3n) is 5.36. The van der Waals surface area contributed by atoms with Crippen LogP contribution in [0.1, 0.15) is 37.7 Å². The Balaban J connectivity index is 2.42. The number of aliphatic hydroxyl groups excluding tert-OH is 1. The molecule has 2 amide bonds. The summed E-state index contributed by atoms with van der Waals surface area (Å²) in [5.41, 5.74) is -3.76. The second-order valence-corrected chi connectivity index (χ2v) is 7.37. The topological polar surface area (TPSA) is 124 Å². The lowest BCUT2D eigenvalue weighted by molar-refractivity contribution is -0.192. The summed E-state index contributed by atoms with van der Waals surface area (Å²) in [4.78, 5) is 38.0. The minimum Gasteiger partial charge on any atom is -0.393 e. The number of hydrogen-bond donors (Lipinski definition) is 3. The summed E-state index contributed by atoms with van der Waals surface area (Å²) in [6.07, 6.45) is -4.86. The van der Waals surface area contributed by atoms with E-state index in [2.05, 4.69) is 11.9 Å². The first kappa shape index (κ1) is 26.3. The van der Waals surface area contributed by atoms with E-state index < -0.39 is 41.7 Å². The number of alkyl halides is 3. The molecule has 1 heterocycles. The largest absolute Gasteiger partial charge is 0.417 e. The molecule has 1 unspecified atom stereocenters. The lowest BCUT2D eigenvalue weighted by atomic mass is 9.98. The Bertz CT molecular complexity index is 1230. The van der Waals surface area contributed by atoms with Gasteiger partial charge in [-0.1, -0.05) is 6.08 Å². The van der Waals surface area contributed by atoms with Gasteiger partial charge in [-0.3, -0.25) is 14.4 Å². The van der Waals surface area contributed by atoms with Gasteiger partial charge in [0, 0.05) is 18.4 Å². The van der Waals surface area contributed by atoms with Gasteiger partial charge in [0.2, 0.25) is 0 Å². The van der Waals surface area contributed by atoms with E-state index in [0.717, 1.165) is 12.1 Å². The molecule has 0 aliphatic heterocycles. The highest BCUT2D eigenvalue weighted by atomic mass is 19.4. The van der Waals surface area contributed by atoms with Gasteiger partial charge in [-0.25, -0.2) is 4.39 Å². The first-order chi connectivity index (χ1) is 15.7. The van der Waals surface area contributed by atoms with Crippen LogP contribution >= 0.6 is 0 Å². The van der Waals surface area contributed by atoms with Crippen LogP contribution in [0.5, 0.6) is 0 Å². The first-order valence-electron chi connectivity index (χ1n) is 9.59. The first-order valence-corrected chi connectivity index (χ1v) is 9.59. The number of rotatable bonds is 7. The molecule has 0 fully saturated rings. The van der Waals surface area contributed by atoms with Gasteiger partial charge in [-0.15, -0.1) is 6.58 Å². The number of Topliss-reactive ketones (excluding diaryl/α,β-unsaturated/α-hetero) is 1. The number of benzene rings is 1. The number of nitrogens with zero attached hydrogens (tertiary/aromatic N) is 2. The van der Waals surface area contributed by atoms with E-state index in [4.69, 9.17) is 5.26 Å². The molecule has 34 heavy (non-hydrogen) atoms. The summed E-state index contributed by atoms with van der Waals surface area (Å²) in [5, 5.41) is 22.1. The SMILES string of the molecule is C=CC(CO)(NC(=O)C(=O)c1c(C)c(C(=O)Nc2ccc(F)c(C#N)c2)n(C)c1C)C(F)(F)F. The van der Waals surface area contributed by atoms with Crippen molar-refractivity contribution >= 4 is 23.3 Å². The van der Waals surface area contributed by atoms with Crippen LogP contribution in [0.2, 0.25) is 0 Å². The Morgan fingerprint density at radius 3 is 2.38 bits per heavy atom. The second kappa shape index (κ2) is 9.48. The summed E-state index contributed by atoms with van der Waals surface area (Å²) in [6, 6.07) is 4.91. The van der Waals surface area contributed by atoms with Crippen LogP contribution in [0.15, 0.2) is 30.9 Å². The molecule has 0 aliphatic carbocycles. The maximum atomic E-state index is 13.5. The van der Waals surface area contributed by atoms with Gasteiger partial charge < -0.3 is 20.3 Å². The highest BCUT2D eigenvalue weighted by molar-refractivity contribution is 6.44. The number of halogens is 4. The molecule has 1 aromatic carbocycles. The van der Waals surface area contributed by atoms with Crippen molar-refractivity contribution in [2.24, 2.45) is 7.05 Å². The second-order valence-electron chi connectivity index (χ2n) is 7.37. The summed E-state index contributed by atoms with van der Waals surface area (Å²) in [7, 11) is 1.40. The Morgan fingerprint density at radius 1 is 1.26 bits per heavy atom. The van der Waals surface area contributed by atoms with Gasteiger partial charge in [0.15, 0.2) is 5.54 Å². The number of nitriles is 1. The number of nitrogens with one attached hydrogen (secondary N) is 2. The Morgan fingerprint density at radius 2 is 1.88 bits per heavy atom. The van der Waals surface area contributed by atoms with Gasteiger partial charge in [0.25, 0.3) is 17.6 Å². The predicted molar refractivity (Wildman–Crippen MR) is 112 cm³/mol. The van der Waals surface area contributed by atoms with E-state index in [1.807, 2.05) is 0 Å². The minimum absolute atomic E-state index is 0.000443. The fourth-order valence-corrected chi connectivity index (χ4v) is 3.32. The number of aliphatic hydroxyl groups is 1. The number of aromatic nitrogens is 1. The van der Waals surface area contributed by atoms with Crippen molar-refractivity contribution in [2.45, 2.75) is 25.6 Å². The number of anilines is 1. The summed E-state index contributed by atoms with van der Waals surface area (Å²) < 4.78 is 54.9. The Labute approximate surface area is 191 Å². The Kier molecular flexibility index (Phi) is 7.33. The van der Waals surface area contributed by atoms with Gasteiger partial charge in [0.05, 0.1) is 17.7 Å². The number of amides is 2. The van der Waals surface area contributed by atoms with Crippen molar-refractivity contribution in [3.63, 3.8) is 0 Å². The number of hydrogen-bond acceptors (Lipinski definition) is 5. The Hall–Kier alpha value is -3.98. The summed E-state index contributed by atoms with van der Waals surface area (Å²) >= 11 is 0. The van der Waals surface area contributed by atoms with E-state index >= 15 is 0 Å². The molecule has 12 heteroatoms. The van der Waals surface area contributed by atoms with Crippen LogP contribution in [-0.2, 0) is 11.8 Å². The molecule has 0 aliphatic rings. The van der Waals surface area contributed by atoms with Crippen LogP contribution in [0.3, 0.4) is 0 Å². The van der Waals surface area contributed by atoms with Crippen LogP contribution in [0, 0.1) is 31.0 Å². The number of carbonyl (C=O) groups is 3. The lowest BCUT2D eigenvalue weighted by Gasteiger charge is -2.31. The van der Waals surface area contributed by atoms with Crippen molar-refractivity contribution < 1.29 is 37.1 Å². The molecule has 0 radical (unpaired) electrons. The quantitative estimate of drug-likeness (QED) is 0.243. The molecule has 0 saturated heterocycles. The molecule has 180 valence electrons. The maximum Gasteiger partial charge on any atom is 0.417 e. The van der Waals surface area contributed by atoms with Gasteiger partial charge in [-0.2, -0.15) is 18.4 Å². The van der Waals surface area contributed by atoms with Crippen molar-refractivity contribution in [3.8, 4) is 6.07 Å². The number of ketones is 1. The van der Waals surface area contributed by atoms with Gasteiger partial charge >= 0.3 is 6.18 Å². The molecular formula is C22H20F4N4O4. The van der Waals surface area contributed by atoms with Crippen LogP contribution in [0.4, 0.5) is 23.2 Å². The zero-order valence-corrected chi connectivity index (χ0v) is 18.3. The summed E-state index contributed by atoms with van der Waals surface area (Å²) in [5.74, 6) is -4.58. The average molecular weight is 480 g/mol. The third kappa shape index (κ3) is 4.55. The minimum atomic E-state index is -5.14. The van der Waals surface area contributed by atoms with Crippen molar-refractivity contribution in [1.29, 1.82) is 5.26 Å². The van der Waals surface area contributed by atoms with E-state index in [-0.39, 0.29) is 39.8 Å². The lowest BCUT2D eigenvalue weighted by Crippen LogP contribution is -2.61. The third-order valence-corrected chi connectivity index (χ3v) is 5.36. The van der Waals surface area contributed by atoms with E-state index in [0.29, 0.717) is 0 Å². The van der Waals surface area contributed by atoms with Crippen molar-refractivity contribution in [2.75, 3.05) is 11.9 Å². The molecule has 1 aromatic heterocycles. The molecule has 2 aromatic rings. The maximum absolute atomic E-state index is 13.5. The molecule has 0 spiro atoms. The molecule has 1 atom stereocenters. The molecule has 2 rings (SSSR count). The fourth-order valence-electron chi connectivity index (χ4n) is 3.32. The van der Waals surface area contributed by atoms with Crippen LogP contribution < -0.4 is 10.6 Å². The van der Waals surface area contributed by atoms with E-state index in [9.17, 15) is 37.1 Å². The average Bonchev–Trinajstić information content (AvgIpc) is 2.99. The zero-order chi connectivity index (χ0) is 26.0. The van der Waals surface area contributed by atoms with Crippen molar-refractivity contribution in [3.05, 3.63) is 64.7 Å². The summed E-state index contributed by atoms with van der Waals surface area (Å²) in [6.45, 7) is 4.11. The fraction of sp³-hybridized carbons (Fsp3) is 0.273. The van der Waals surface area contributed by atoms with E-state index in [1.54, 1.807) is 6.07 Å². The van der Waals surface area contributed by atoms with E-state index in [1.165, 1.54) is 36.8 Å². The highest BCUT2D eigenvalue weighted by Gasteiger charge is 2.54. The standard InChI is InChI=1S/C22H20F4N4O4/c1-5-21(10-31,22(24,25)26)29-20(34)18(32)16-11(2)17(30(4)12(16)3)19(33)28-14-6-7-15(23)13(8-14)9-27/h5-8,31H,1,10H2,2-4H3,(H,28,33)(H,29,34). The number of carbonyl (C=O) groups excluding carboxylic acids is 3. The smallest absolute Gasteiger partial charge is 0.393 e. The molecule has 0 saturated carbocycles.